The molecule has 0 fully saturated rings. The lowest BCUT2D eigenvalue weighted by atomic mass is 10.1. The minimum atomic E-state index is -0.185. The Hall–Kier alpha value is -2.69. The predicted octanol–water partition coefficient (Wildman–Crippen LogP) is 6.09. The number of hydrogen-bond acceptors (Lipinski definition) is 4. The molecule has 1 aliphatic heterocycles. The smallest absolute Gasteiger partial charge is 0.232 e. The number of furan rings is 1. The molecule has 136 valence electrons. The molecule has 0 unspecified atom stereocenters. The molecule has 0 atom stereocenters. The fourth-order valence-corrected chi connectivity index (χ4v) is 3.03. The minimum absolute atomic E-state index is 0.185. The summed E-state index contributed by atoms with van der Waals surface area (Å²) in [5.41, 5.74) is 1.38. The van der Waals surface area contributed by atoms with E-state index in [1.165, 1.54) is 0 Å². The molecule has 2 heterocycles. The molecular weight excluding hydrogens is 387 g/mol. The molecule has 3 aromatic rings. The number of fused-ring (bicyclic) bond motifs is 1. The molecule has 0 spiro atoms. The molecule has 0 aliphatic carbocycles. The fourth-order valence-electron chi connectivity index (χ4n) is 2.71. The van der Waals surface area contributed by atoms with Gasteiger partial charge in [0.05, 0.1) is 15.6 Å². The van der Waals surface area contributed by atoms with E-state index < -0.39 is 0 Å². The van der Waals surface area contributed by atoms with Crippen LogP contribution in [0, 0.1) is 6.92 Å². The van der Waals surface area contributed by atoms with Crippen LogP contribution in [0.15, 0.2) is 58.7 Å². The van der Waals surface area contributed by atoms with Gasteiger partial charge < -0.3 is 13.9 Å². The molecule has 2 aromatic carbocycles. The van der Waals surface area contributed by atoms with Crippen LogP contribution in [-0.4, -0.2) is 5.78 Å². The lowest BCUT2D eigenvalue weighted by Gasteiger charge is -2.08. The van der Waals surface area contributed by atoms with Gasteiger partial charge in [0.25, 0.3) is 0 Å². The third kappa shape index (κ3) is 3.72. The van der Waals surface area contributed by atoms with Gasteiger partial charge >= 0.3 is 0 Å². The number of halogens is 2. The number of ether oxygens (including phenoxy) is 2. The van der Waals surface area contributed by atoms with E-state index in [0.717, 1.165) is 11.3 Å². The molecule has 1 aliphatic rings. The van der Waals surface area contributed by atoms with E-state index in [1.807, 2.05) is 19.1 Å². The Morgan fingerprint density at radius 3 is 2.63 bits per heavy atom. The van der Waals surface area contributed by atoms with Gasteiger partial charge in [-0.1, -0.05) is 29.3 Å². The molecule has 4 nitrogen and oxygen atoms in total. The molecule has 1 aromatic heterocycles. The normalized spacial score (nSPS) is 14.3. The van der Waals surface area contributed by atoms with E-state index in [1.54, 1.807) is 42.5 Å². The SMILES string of the molecule is Cc1ccc(C=C2Oc3cc(OCc4ccc(Cl)c(Cl)c4)ccc3C2=O)o1. The van der Waals surface area contributed by atoms with Crippen LogP contribution in [-0.2, 0) is 6.61 Å². The van der Waals surface area contributed by atoms with Crippen LogP contribution in [0.4, 0.5) is 0 Å². The Morgan fingerprint density at radius 2 is 1.89 bits per heavy atom. The maximum absolute atomic E-state index is 12.5. The predicted molar refractivity (Wildman–Crippen MR) is 104 cm³/mol. The van der Waals surface area contributed by atoms with Gasteiger partial charge in [-0.2, -0.15) is 0 Å². The van der Waals surface area contributed by atoms with Gasteiger partial charge in [0.2, 0.25) is 5.78 Å². The van der Waals surface area contributed by atoms with E-state index in [9.17, 15) is 4.79 Å². The molecule has 4 rings (SSSR count). The first-order chi connectivity index (χ1) is 13.0. The zero-order valence-corrected chi connectivity index (χ0v) is 15.8. The summed E-state index contributed by atoms with van der Waals surface area (Å²) in [6.07, 6.45) is 1.59. The van der Waals surface area contributed by atoms with E-state index in [2.05, 4.69) is 0 Å². The van der Waals surface area contributed by atoms with E-state index in [4.69, 9.17) is 37.1 Å². The largest absolute Gasteiger partial charge is 0.489 e. The van der Waals surface area contributed by atoms with Crippen LogP contribution < -0.4 is 9.47 Å². The number of hydrogen-bond donors (Lipinski definition) is 0. The average Bonchev–Trinajstić information content (AvgIpc) is 3.19. The average molecular weight is 401 g/mol. The Kier molecular flexibility index (Phi) is 4.68. The van der Waals surface area contributed by atoms with Crippen LogP contribution in [0.2, 0.25) is 10.0 Å². The first kappa shape index (κ1) is 17.7. The quantitative estimate of drug-likeness (QED) is 0.497. The highest BCUT2D eigenvalue weighted by Crippen LogP contribution is 2.35. The van der Waals surface area contributed by atoms with Gasteiger partial charge in [-0.05, 0) is 48.9 Å². The summed E-state index contributed by atoms with van der Waals surface area (Å²) in [5.74, 6) is 2.42. The van der Waals surface area contributed by atoms with Crippen molar-refractivity contribution in [1.82, 2.24) is 0 Å². The standard InChI is InChI=1S/C21H14Cl2O4/c1-12-2-4-15(26-12)10-20-21(24)16-6-5-14(9-19(16)27-20)25-11-13-3-7-17(22)18(23)8-13/h2-10H,11H2,1H3. The molecule has 0 amide bonds. The minimum Gasteiger partial charge on any atom is -0.489 e. The second-order valence-electron chi connectivity index (χ2n) is 6.08. The number of allylic oxidation sites excluding steroid dienone is 1. The van der Waals surface area contributed by atoms with Crippen LogP contribution in [0.1, 0.15) is 27.4 Å². The molecule has 0 radical (unpaired) electrons. The van der Waals surface area contributed by atoms with Crippen LogP contribution >= 0.6 is 23.2 Å². The van der Waals surface area contributed by atoms with Gasteiger partial charge in [0.15, 0.2) is 5.76 Å². The number of Topliss-reactive ketones (excluding diaryl/α,β-unsaturated/α-hetero) is 1. The topological polar surface area (TPSA) is 48.7 Å². The van der Waals surface area contributed by atoms with Crippen LogP contribution in [0.25, 0.3) is 6.08 Å². The van der Waals surface area contributed by atoms with E-state index in [-0.39, 0.29) is 11.5 Å². The number of ketones is 1. The first-order valence-electron chi connectivity index (χ1n) is 8.21. The lowest BCUT2D eigenvalue weighted by Crippen LogP contribution is -1.97. The van der Waals surface area contributed by atoms with Gasteiger partial charge in [0.1, 0.15) is 29.6 Å². The van der Waals surface area contributed by atoms with Crippen LogP contribution in [0.5, 0.6) is 11.5 Å². The third-order valence-corrected chi connectivity index (χ3v) is 4.80. The molecule has 0 saturated heterocycles. The highest BCUT2D eigenvalue weighted by molar-refractivity contribution is 6.42. The molecule has 0 saturated carbocycles. The Morgan fingerprint density at radius 1 is 1.04 bits per heavy atom. The highest BCUT2D eigenvalue weighted by Gasteiger charge is 2.28. The van der Waals surface area contributed by atoms with Crippen molar-refractivity contribution in [2.24, 2.45) is 0 Å². The van der Waals surface area contributed by atoms with Crippen molar-refractivity contribution in [2.75, 3.05) is 0 Å². The summed E-state index contributed by atoms with van der Waals surface area (Å²) >= 11 is 11.9. The van der Waals surface area contributed by atoms with Crippen molar-refractivity contribution >= 4 is 35.1 Å². The van der Waals surface area contributed by atoms with Crippen LogP contribution in [0.3, 0.4) is 0 Å². The summed E-state index contributed by atoms with van der Waals surface area (Å²) in [7, 11) is 0. The molecule has 27 heavy (non-hydrogen) atoms. The summed E-state index contributed by atoms with van der Waals surface area (Å²) in [5, 5.41) is 0.972. The second kappa shape index (κ2) is 7.14. The van der Waals surface area contributed by atoms with Crippen molar-refractivity contribution in [3.8, 4) is 11.5 Å². The van der Waals surface area contributed by atoms with Gasteiger partial charge in [-0.25, -0.2) is 0 Å². The summed E-state index contributed by atoms with van der Waals surface area (Å²) in [4.78, 5) is 12.5. The van der Waals surface area contributed by atoms with Crippen molar-refractivity contribution in [2.45, 2.75) is 13.5 Å². The maximum Gasteiger partial charge on any atom is 0.232 e. The molecular formula is C21H14Cl2O4. The van der Waals surface area contributed by atoms with Gasteiger partial charge in [-0.3, -0.25) is 4.79 Å². The third-order valence-electron chi connectivity index (χ3n) is 4.07. The van der Waals surface area contributed by atoms with E-state index in [0.29, 0.717) is 39.5 Å². The van der Waals surface area contributed by atoms with E-state index >= 15 is 0 Å². The zero-order chi connectivity index (χ0) is 19.0. The second-order valence-corrected chi connectivity index (χ2v) is 6.90. The number of carbonyl (C=O) groups excluding carboxylic acids is 1. The number of aryl methyl sites for hydroxylation is 1. The summed E-state index contributed by atoms with van der Waals surface area (Å²) in [6.45, 7) is 2.16. The Labute approximate surface area is 165 Å². The number of benzene rings is 2. The van der Waals surface area contributed by atoms with Crippen molar-refractivity contribution < 1.29 is 18.7 Å². The molecule has 6 heteroatoms. The van der Waals surface area contributed by atoms with Crippen molar-refractivity contribution in [3.63, 3.8) is 0 Å². The van der Waals surface area contributed by atoms with Crippen molar-refractivity contribution in [3.05, 3.63) is 87.0 Å². The Balaban J connectivity index is 1.50. The first-order valence-corrected chi connectivity index (χ1v) is 8.96. The number of rotatable bonds is 4. The molecule has 0 N–H and O–H groups in total. The van der Waals surface area contributed by atoms with Gasteiger partial charge in [0, 0.05) is 12.1 Å². The zero-order valence-electron chi connectivity index (χ0n) is 14.3. The fraction of sp³-hybridized carbons (Fsp3) is 0.0952. The Bertz CT molecular complexity index is 1070. The summed E-state index contributed by atoms with van der Waals surface area (Å²) in [6, 6.07) is 14.0. The summed E-state index contributed by atoms with van der Waals surface area (Å²) < 4.78 is 16.9. The molecule has 0 bridgehead atoms. The monoisotopic (exact) mass is 400 g/mol. The maximum atomic E-state index is 12.5. The number of carbonyl (C=O) groups is 1. The highest BCUT2D eigenvalue weighted by atomic mass is 35.5. The van der Waals surface area contributed by atoms with Crippen molar-refractivity contribution in [1.29, 1.82) is 0 Å². The lowest BCUT2D eigenvalue weighted by molar-refractivity contribution is 0.101. The van der Waals surface area contributed by atoms with Gasteiger partial charge in [-0.15, -0.1) is 0 Å².